The van der Waals surface area contributed by atoms with Crippen LogP contribution in [0.5, 0.6) is 0 Å². The monoisotopic (exact) mass is 387 g/mol. The summed E-state index contributed by atoms with van der Waals surface area (Å²) in [5.74, 6) is -2.33. The van der Waals surface area contributed by atoms with Crippen LogP contribution in [0.1, 0.15) is 41.4 Å². The van der Waals surface area contributed by atoms with Gasteiger partial charge in [0.25, 0.3) is 17.7 Å². The lowest BCUT2D eigenvalue weighted by Crippen LogP contribution is -2.29. The number of imide groups is 1. The van der Waals surface area contributed by atoms with Crippen LogP contribution in [-0.4, -0.2) is 33.8 Å². The van der Waals surface area contributed by atoms with Gasteiger partial charge in [-0.2, -0.15) is 0 Å². The molecule has 1 aliphatic rings. The predicted molar refractivity (Wildman–Crippen MR) is 103 cm³/mol. The van der Waals surface area contributed by atoms with E-state index in [4.69, 9.17) is 5.11 Å². The Morgan fingerprint density at radius 3 is 2.21 bits per heavy atom. The number of carbonyl (C=O) groups excluding carboxylic acids is 3. The van der Waals surface area contributed by atoms with Crippen molar-refractivity contribution < 1.29 is 24.3 Å². The highest BCUT2D eigenvalue weighted by Gasteiger charge is 2.37. The van der Waals surface area contributed by atoms with Gasteiger partial charge in [-0.15, -0.1) is 0 Å². The van der Waals surface area contributed by atoms with E-state index in [0.717, 1.165) is 4.90 Å². The highest BCUT2D eigenvalue weighted by molar-refractivity contribution is 6.34. The van der Waals surface area contributed by atoms with Crippen molar-refractivity contribution in [3.63, 3.8) is 0 Å². The number of aromatic nitrogens is 1. The Bertz CT molecular complexity index is 1160. The summed E-state index contributed by atoms with van der Waals surface area (Å²) < 4.78 is 0. The van der Waals surface area contributed by atoms with Crippen molar-refractivity contribution in [3.8, 4) is 0 Å². The van der Waals surface area contributed by atoms with Crippen LogP contribution in [0.15, 0.2) is 66.9 Å². The normalized spacial score (nSPS) is 12.6. The van der Waals surface area contributed by atoms with Crippen molar-refractivity contribution >= 4 is 35.2 Å². The van der Waals surface area contributed by atoms with Gasteiger partial charge in [-0.25, -0.2) is 14.7 Å². The van der Waals surface area contributed by atoms with Crippen molar-refractivity contribution in [1.29, 1.82) is 0 Å². The molecule has 0 saturated heterocycles. The Morgan fingerprint density at radius 2 is 1.55 bits per heavy atom. The van der Waals surface area contributed by atoms with Gasteiger partial charge in [-0.1, -0.05) is 6.07 Å². The maximum absolute atomic E-state index is 12.7. The predicted octanol–water partition coefficient (Wildman–Crippen LogP) is 2.83. The largest absolute Gasteiger partial charge is 0.478 e. The third-order valence-electron chi connectivity index (χ3n) is 4.43. The maximum Gasteiger partial charge on any atom is 0.335 e. The average Bonchev–Trinajstić information content (AvgIpc) is 2.98. The van der Waals surface area contributed by atoms with E-state index in [1.165, 1.54) is 42.5 Å². The fourth-order valence-corrected chi connectivity index (χ4v) is 3.00. The van der Waals surface area contributed by atoms with Gasteiger partial charge in [0.2, 0.25) is 0 Å². The molecule has 0 saturated carbocycles. The van der Waals surface area contributed by atoms with E-state index in [-0.39, 0.29) is 28.3 Å². The minimum Gasteiger partial charge on any atom is -0.478 e. The van der Waals surface area contributed by atoms with Crippen LogP contribution in [0, 0.1) is 0 Å². The van der Waals surface area contributed by atoms with E-state index >= 15 is 0 Å². The molecule has 1 aromatic heterocycles. The van der Waals surface area contributed by atoms with E-state index in [2.05, 4.69) is 10.3 Å². The number of carboxylic acids is 1. The smallest absolute Gasteiger partial charge is 0.335 e. The molecule has 1 aliphatic heterocycles. The van der Waals surface area contributed by atoms with Crippen molar-refractivity contribution in [2.45, 2.75) is 0 Å². The molecular weight excluding hydrogens is 374 g/mol. The molecule has 8 heteroatoms. The average molecular weight is 387 g/mol. The lowest BCUT2D eigenvalue weighted by molar-refractivity contribution is 0.0696. The van der Waals surface area contributed by atoms with Crippen LogP contribution in [-0.2, 0) is 0 Å². The topological polar surface area (TPSA) is 117 Å². The number of aromatic carboxylic acids is 1. The maximum atomic E-state index is 12.7. The van der Waals surface area contributed by atoms with Gasteiger partial charge >= 0.3 is 5.97 Å². The first-order valence-corrected chi connectivity index (χ1v) is 8.54. The summed E-state index contributed by atoms with van der Waals surface area (Å²) in [5, 5.41) is 11.7. The lowest BCUT2D eigenvalue weighted by atomic mass is 10.1. The van der Waals surface area contributed by atoms with Gasteiger partial charge in [0, 0.05) is 11.8 Å². The van der Waals surface area contributed by atoms with Crippen molar-refractivity contribution in [2.75, 3.05) is 10.2 Å². The minimum atomic E-state index is -1.19. The summed E-state index contributed by atoms with van der Waals surface area (Å²) in [5.41, 5.74) is 0.698. The summed E-state index contributed by atoms with van der Waals surface area (Å²) in [7, 11) is 0. The number of nitrogens with zero attached hydrogens (tertiary/aromatic N) is 2. The quantitative estimate of drug-likeness (QED) is 0.665. The fraction of sp³-hybridized carbons (Fsp3) is 0. The Labute approximate surface area is 164 Å². The second kappa shape index (κ2) is 7.01. The molecule has 3 aromatic rings. The molecule has 0 bridgehead atoms. The van der Waals surface area contributed by atoms with E-state index in [0.29, 0.717) is 11.4 Å². The third-order valence-corrected chi connectivity index (χ3v) is 4.43. The Balaban J connectivity index is 1.58. The zero-order valence-corrected chi connectivity index (χ0v) is 14.8. The number of hydrogen-bond acceptors (Lipinski definition) is 5. The van der Waals surface area contributed by atoms with Gasteiger partial charge in [0.1, 0.15) is 5.82 Å². The molecule has 0 unspecified atom stereocenters. The van der Waals surface area contributed by atoms with Crippen LogP contribution in [0.3, 0.4) is 0 Å². The first-order valence-electron chi connectivity index (χ1n) is 8.54. The summed E-state index contributed by atoms with van der Waals surface area (Å²) in [6, 6.07) is 14.8. The summed E-state index contributed by atoms with van der Waals surface area (Å²) in [4.78, 5) is 53.7. The molecule has 8 nitrogen and oxygen atoms in total. The number of rotatable bonds is 4. The SMILES string of the molecule is O=C(O)c1ccc2c(c1)C(=O)N(c1ccc(C(=O)Nc3ccccn3)cc1)C2=O. The molecule has 0 fully saturated rings. The number of pyridine rings is 1. The molecule has 2 heterocycles. The summed E-state index contributed by atoms with van der Waals surface area (Å²) in [6.45, 7) is 0. The molecule has 2 N–H and O–H groups in total. The molecule has 4 rings (SSSR count). The molecule has 0 aliphatic carbocycles. The van der Waals surface area contributed by atoms with Crippen molar-refractivity contribution in [3.05, 3.63) is 89.1 Å². The van der Waals surface area contributed by atoms with Gasteiger partial charge < -0.3 is 10.4 Å². The highest BCUT2D eigenvalue weighted by Crippen LogP contribution is 2.29. The van der Waals surface area contributed by atoms with Crippen LogP contribution in [0.2, 0.25) is 0 Å². The van der Waals surface area contributed by atoms with E-state index in [1.807, 2.05) is 0 Å². The molecule has 142 valence electrons. The number of amides is 3. The molecule has 3 amide bonds. The third kappa shape index (κ3) is 3.23. The number of nitrogens with one attached hydrogen (secondary N) is 1. The number of fused-ring (bicyclic) bond motifs is 1. The van der Waals surface area contributed by atoms with Crippen LogP contribution in [0.4, 0.5) is 11.5 Å². The number of hydrogen-bond donors (Lipinski definition) is 2. The Hall–Kier alpha value is -4.33. The van der Waals surface area contributed by atoms with E-state index in [9.17, 15) is 19.2 Å². The standard InChI is InChI=1S/C21H13N3O5/c25-18(23-17-3-1-2-10-22-17)12-4-7-14(8-5-12)24-19(26)15-9-6-13(21(28)29)11-16(15)20(24)27/h1-11H,(H,28,29)(H,22,23,25). The highest BCUT2D eigenvalue weighted by atomic mass is 16.4. The van der Waals surface area contributed by atoms with Gasteiger partial charge in [-0.05, 0) is 54.6 Å². The van der Waals surface area contributed by atoms with Crippen molar-refractivity contribution in [2.24, 2.45) is 0 Å². The zero-order valence-electron chi connectivity index (χ0n) is 14.8. The van der Waals surface area contributed by atoms with Gasteiger partial charge in [0.15, 0.2) is 0 Å². The molecule has 0 radical (unpaired) electrons. The lowest BCUT2D eigenvalue weighted by Gasteiger charge is -2.14. The summed E-state index contributed by atoms with van der Waals surface area (Å²) >= 11 is 0. The van der Waals surface area contributed by atoms with Crippen LogP contribution >= 0.6 is 0 Å². The van der Waals surface area contributed by atoms with E-state index < -0.39 is 17.8 Å². The number of carbonyl (C=O) groups is 4. The van der Waals surface area contributed by atoms with Crippen LogP contribution in [0.25, 0.3) is 0 Å². The zero-order chi connectivity index (χ0) is 20.5. The molecular formula is C21H13N3O5. The first kappa shape index (κ1) is 18.1. The molecule has 0 spiro atoms. The van der Waals surface area contributed by atoms with Crippen molar-refractivity contribution in [1.82, 2.24) is 4.98 Å². The van der Waals surface area contributed by atoms with Gasteiger partial charge in [0.05, 0.1) is 22.4 Å². The first-order chi connectivity index (χ1) is 14.0. The fourth-order valence-electron chi connectivity index (χ4n) is 3.00. The number of anilines is 2. The number of carboxylic acid groups (broad SMARTS) is 1. The van der Waals surface area contributed by atoms with E-state index in [1.54, 1.807) is 24.4 Å². The second-order valence-electron chi connectivity index (χ2n) is 6.23. The molecule has 29 heavy (non-hydrogen) atoms. The number of benzene rings is 2. The second-order valence-corrected chi connectivity index (χ2v) is 6.23. The van der Waals surface area contributed by atoms with Gasteiger partial charge in [-0.3, -0.25) is 14.4 Å². The Morgan fingerprint density at radius 1 is 0.862 bits per heavy atom. The van der Waals surface area contributed by atoms with Crippen LogP contribution < -0.4 is 10.2 Å². The summed E-state index contributed by atoms with van der Waals surface area (Å²) in [6.07, 6.45) is 1.55. The minimum absolute atomic E-state index is 0.0341. The molecule has 0 atom stereocenters. The molecule has 2 aromatic carbocycles. The Kier molecular flexibility index (Phi) is 4.36.